The van der Waals surface area contributed by atoms with Gasteiger partial charge >= 0.3 is 0 Å². The van der Waals surface area contributed by atoms with Crippen LogP contribution in [-0.2, 0) is 11.8 Å². The third kappa shape index (κ3) is 2.12. The fourth-order valence-electron chi connectivity index (χ4n) is 2.60. The second kappa shape index (κ2) is 4.95. The first kappa shape index (κ1) is 11.6. The van der Waals surface area contributed by atoms with Crippen molar-refractivity contribution >= 4 is 0 Å². The molecule has 0 spiro atoms. The van der Waals surface area contributed by atoms with Gasteiger partial charge in [0.15, 0.2) is 5.82 Å². The highest BCUT2D eigenvalue weighted by Crippen LogP contribution is 2.42. The Morgan fingerprint density at radius 2 is 2.12 bits per heavy atom. The summed E-state index contributed by atoms with van der Waals surface area (Å²) in [5.41, 5.74) is 5.65. The van der Waals surface area contributed by atoms with Crippen LogP contribution in [0.5, 0.6) is 0 Å². The van der Waals surface area contributed by atoms with Crippen LogP contribution in [0.1, 0.15) is 57.2 Å². The Bertz CT molecular complexity index is 329. The molecule has 1 aromatic heterocycles. The fraction of sp³-hybridized carbons (Fsp3) is 0.833. The molecule has 1 aliphatic carbocycles. The highest BCUT2D eigenvalue weighted by Gasteiger charge is 2.38. The average molecular weight is 223 g/mol. The number of hydrogen-bond acceptors (Lipinski definition) is 4. The monoisotopic (exact) mass is 223 g/mol. The van der Waals surface area contributed by atoms with Gasteiger partial charge < -0.3 is 10.3 Å². The van der Waals surface area contributed by atoms with Crippen molar-refractivity contribution in [2.75, 3.05) is 6.54 Å². The molecule has 0 aliphatic heterocycles. The van der Waals surface area contributed by atoms with E-state index in [9.17, 15) is 0 Å². The minimum Gasteiger partial charge on any atom is -0.339 e. The van der Waals surface area contributed by atoms with E-state index in [0.717, 1.165) is 31.0 Å². The fourth-order valence-corrected chi connectivity index (χ4v) is 2.60. The van der Waals surface area contributed by atoms with Crippen molar-refractivity contribution in [3.63, 3.8) is 0 Å². The van der Waals surface area contributed by atoms with Crippen LogP contribution in [0.2, 0.25) is 0 Å². The van der Waals surface area contributed by atoms with Crippen LogP contribution >= 0.6 is 0 Å². The van der Waals surface area contributed by atoms with E-state index in [2.05, 4.69) is 17.1 Å². The molecule has 0 aromatic carbocycles. The summed E-state index contributed by atoms with van der Waals surface area (Å²) in [6.07, 6.45) is 7.83. The maximum atomic E-state index is 5.47. The molecule has 2 N–H and O–H groups in total. The standard InChI is InChI=1S/C12H21N3O/c1-2-12(7-3-4-8-12)11-14-10(15-16-11)6-5-9-13/h2-9,13H2,1H3. The molecule has 1 fully saturated rings. The zero-order valence-corrected chi connectivity index (χ0v) is 10.0. The van der Waals surface area contributed by atoms with E-state index >= 15 is 0 Å². The van der Waals surface area contributed by atoms with Gasteiger partial charge in [-0.15, -0.1) is 0 Å². The van der Waals surface area contributed by atoms with Crippen molar-refractivity contribution in [1.82, 2.24) is 10.1 Å². The van der Waals surface area contributed by atoms with E-state index in [0.29, 0.717) is 6.54 Å². The van der Waals surface area contributed by atoms with E-state index in [1.165, 1.54) is 25.7 Å². The first-order chi connectivity index (χ1) is 7.80. The molecule has 1 aromatic rings. The van der Waals surface area contributed by atoms with Crippen LogP contribution < -0.4 is 5.73 Å². The molecule has 0 bridgehead atoms. The second-order valence-corrected chi connectivity index (χ2v) is 4.75. The quantitative estimate of drug-likeness (QED) is 0.831. The van der Waals surface area contributed by atoms with Gasteiger partial charge in [-0.2, -0.15) is 4.98 Å². The van der Waals surface area contributed by atoms with Gasteiger partial charge in [0.1, 0.15) is 0 Å². The van der Waals surface area contributed by atoms with Gasteiger partial charge in [-0.1, -0.05) is 24.9 Å². The third-order valence-corrected chi connectivity index (χ3v) is 3.76. The lowest BCUT2D eigenvalue weighted by Crippen LogP contribution is -2.21. The Kier molecular flexibility index (Phi) is 3.59. The van der Waals surface area contributed by atoms with Gasteiger partial charge in [0.2, 0.25) is 5.89 Å². The lowest BCUT2D eigenvalue weighted by atomic mass is 9.83. The van der Waals surface area contributed by atoms with E-state index in [4.69, 9.17) is 10.3 Å². The van der Waals surface area contributed by atoms with Gasteiger partial charge in [-0.05, 0) is 32.2 Å². The summed E-state index contributed by atoms with van der Waals surface area (Å²) < 4.78 is 5.44. The van der Waals surface area contributed by atoms with Crippen molar-refractivity contribution < 1.29 is 4.52 Å². The SMILES string of the molecule is CCC1(c2nc(CCCN)no2)CCCC1. The third-order valence-electron chi connectivity index (χ3n) is 3.76. The van der Waals surface area contributed by atoms with E-state index in [1.54, 1.807) is 0 Å². The van der Waals surface area contributed by atoms with Gasteiger partial charge in [0.25, 0.3) is 0 Å². The van der Waals surface area contributed by atoms with E-state index in [1.807, 2.05) is 0 Å². The molecule has 4 heteroatoms. The van der Waals surface area contributed by atoms with Crippen molar-refractivity contribution in [1.29, 1.82) is 0 Å². The molecule has 2 rings (SSSR count). The Hall–Kier alpha value is -0.900. The largest absolute Gasteiger partial charge is 0.339 e. The molecular formula is C12H21N3O. The lowest BCUT2D eigenvalue weighted by Gasteiger charge is -2.21. The molecule has 0 unspecified atom stereocenters. The summed E-state index contributed by atoms with van der Waals surface area (Å²) in [7, 11) is 0. The topological polar surface area (TPSA) is 64.9 Å². The highest BCUT2D eigenvalue weighted by atomic mass is 16.5. The molecule has 16 heavy (non-hydrogen) atoms. The van der Waals surface area contributed by atoms with Crippen molar-refractivity contribution in [2.45, 2.75) is 57.3 Å². The Morgan fingerprint density at radius 1 is 1.38 bits per heavy atom. The Morgan fingerprint density at radius 3 is 2.75 bits per heavy atom. The predicted molar refractivity (Wildman–Crippen MR) is 62.1 cm³/mol. The number of nitrogens with zero attached hydrogens (tertiary/aromatic N) is 2. The molecule has 0 amide bonds. The smallest absolute Gasteiger partial charge is 0.232 e. The Labute approximate surface area is 96.6 Å². The summed E-state index contributed by atoms with van der Waals surface area (Å²) in [4.78, 5) is 4.54. The molecule has 0 saturated heterocycles. The van der Waals surface area contributed by atoms with Crippen LogP contribution in [0.4, 0.5) is 0 Å². The summed E-state index contributed by atoms with van der Waals surface area (Å²) in [5, 5.41) is 4.05. The number of aryl methyl sites for hydroxylation is 1. The average Bonchev–Trinajstić information content (AvgIpc) is 2.95. The molecule has 1 saturated carbocycles. The second-order valence-electron chi connectivity index (χ2n) is 4.75. The minimum atomic E-state index is 0.175. The maximum absolute atomic E-state index is 5.47. The maximum Gasteiger partial charge on any atom is 0.232 e. The van der Waals surface area contributed by atoms with Crippen LogP contribution in [-0.4, -0.2) is 16.7 Å². The molecule has 1 heterocycles. The first-order valence-corrected chi connectivity index (χ1v) is 6.34. The number of aromatic nitrogens is 2. The molecule has 0 atom stereocenters. The number of rotatable bonds is 5. The molecular weight excluding hydrogens is 202 g/mol. The minimum absolute atomic E-state index is 0.175. The zero-order valence-electron chi connectivity index (χ0n) is 10.0. The van der Waals surface area contributed by atoms with Crippen LogP contribution in [0.15, 0.2) is 4.52 Å². The molecule has 90 valence electrons. The van der Waals surface area contributed by atoms with Crippen LogP contribution in [0.3, 0.4) is 0 Å². The lowest BCUT2D eigenvalue weighted by molar-refractivity contribution is 0.271. The van der Waals surface area contributed by atoms with Crippen molar-refractivity contribution in [2.24, 2.45) is 5.73 Å². The summed E-state index contributed by atoms with van der Waals surface area (Å²) >= 11 is 0. The number of nitrogens with two attached hydrogens (primary N) is 1. The number of hydrogen-bond donors (Lipinski definition) is 1. The van der Waals surface area contributed by atoms with Gasteiger partial charge in [-0.3, -0.25) is 0 Å². The molecule has 1 aliphatic rings. The molecule has 4 nitrogen and oxygen atoms in total. The normalized spacial score (nSPS) is 19.1. The highest BCUT2D eigenvalue weighted by molar-refractivity contribution is 5.07. The zero-order chi connectivity index (χ0) is 11.4. The van der Waals surface area contributed by atoms with Crippen LogP contribution in [0.25, 0.3) is 0 Å². The van der Waals surface area contributed by atoms with Crippen molar-refractivity contribution in [3.8, 4) is 0 Å². The summed E-state index contributed by atoms with van der Waals surface area (Å²) in [6, 6.07) is 0. The summed E-state index contributed by atoms with van der Waals surface area (Å²) in [5.74, 6) is 1.68. The van der Waals surface area contributed by atoms with Gasteiger partial charge in [0.05, 0.1) is 0 Å². The van der Waals surface area contributed by atoms with Crippen LogP contribution in [0, 0.1) is 0 Å². The van der Waals surface area contributed by atoms with E-state index < -0.39 is 0 Å². The predicted octanol–water partition coefficient (Wildman–Crippen LogP) is 2.18. The van der Waals surface area contributed by atoms with Gasteiger partial charge in [-0.25, -0.2) is 0 Å². The first-order valence-electron chi connectivity index (χ1n) is 6.34. The van der Waals surface area contributed by atoms with E-state index in [-0.39, 0.29) is 5.41 Å². The Balaban J connectivity index is 2.10. The van der Waals surface area contributed by atoms with Crippen molar-refractivity contribution in [3.05, 3.63) is 11.7 Å². The molecule has 0 radical (unpaired) electrons. The van der Waals surface area contributed by atoms with Gasteiger partial charge in [0, 0.05) is 11.8 Å². The summed E-state index contributed by atoms with van der Waals surface area (Å²) in [6.45, 7) is 2.90.